The number of hydrogen-bond donors (Lipinski definition) is 1. The number of ketones is 1. The van der Waals surface area contributed by atoms with Crippen LogP contribution in [0.25, 0.3) is 11.0 Å². The fourth-order valence-corrected chi connectivity index (χ4v) is 3.62. The van der Waals surface area contributed by atoms with Crippen molar-refractivity contribution >= 4 is 51.5 Å². The van der Waals surface area contributed by atoms with Crippen LogP contribution in [0.5, 0.6) is 0 Å². The molecule has 2 heterocycles. The number of furan rings is 1. The zero-order valence-corrected chi connectivity index (χ0v) is 16.3. The molecule has 1 N–H and O–H groups in total. The topological polar surface area (TPSA) is 85.1 Å². The normalized spacial score (nSPS) is 10.9. The molecule has 6 nitrogen and oxygen atoms in total. The summed E-state index contributed by atoms with van der Waals surface area (Å²) in [6.07, 6.45) is 0.585. The number of hydrogen-bond acceptors (Lipinski definition) is 6. The second-order valence-corrected chi connectivity index (χ2v) is 7.19. The first-order valence-corrected chi connectivity index (χ1v) is 9.68. The Labute approximate surface area is 169 Å². The molecule has 0 radical (unpaired) electrons. The van der Waals surface area contributed by atoms with Gasteiger partial charge in [-0.1, -0.05) is 35.1 Å². The predicted octanol–water partition coefficient (Wildman–Crippen LogP) is 4.98. The highest BCUT2D eigenvalue weighted by atomic mass is 35.5. The van der Waals surface area contributed by atoms with Crippen molar-refractivity contribution in [3.05, 3.63) is 75.4 Å². The lowest BCUT2D eigenvalue weighted by Gasteiger charge is -2.05. The van der Waals surface area contributed by atoms with Crippen LogP contribution in [0.15, 0.2) is 52.9 Å². The summed E-state index contributed by atoms with van der Waals surface area (Å²) in [4.78, 5) is 26.2. The third-order valence-electron chi connectivity index (χ3n) is 4.24. The fourth-order valence-electron chi connectivity index (χ4n) is 2.84. The molecular formula is C20H14ClN3O3S. The molecule has 4 rings (SSSR count). The number of carbonyl (C=O) groups is 2. The van der Waals surface area contributed by atoms with Gasteiger partial charge in [0, 0.05) is 16.0 Å². The van der Waals surface area contributed by atoms with E-state index in [-0.39, 0.29) is 17.5 Å². The summed E-state index contributed by atoms with van der Waals surface area (Å²) in [7, 11) is 0. The van der Waals surface area contributed by atoms with Crippen LogP contribution in [-0.4, -0.2) is 21.3 Å². The van der Waals surface area contributed by atoms with Gasteiger partial charge in [0.2, 0.25) is 5.78 Å². The summed E-state index contributed by atoms with van der Waals surface area (Å²) in [5.41, 5.74) is 1.86. The molecule has 0 bridgehead atoms. The molecule has 0 unspecified atom stereocenters. The van der Waals surface area contributed by atoms with Gasteiger partial charge in [-0.25, -0.2) is 0 Å². The third kappa shape index (κ3) is 3.30. The fraction of sp³-hybridized carbons (Fsp3) is 0.100. The van der Waals surface area contributed by atoms with Gasteiger partial charge in [-0.05, 0) is 54.4 Å². The number of aromatic nitrogens is 2. The summed E-state index contributed by atoms with van der Waals surface area (Å²) < 4.78 is 9.64. The Morgan fingerprint density at radius 2 is 1.89 bits per heavy atom. The minimum atomic E-state index is -0.372. The molecule has 0 saturated heterocycles. The summed E-state index contributed by atoms with van der Waals surface area (Å²) in [6, 6.07) is 13.6. The van der Waals surface area contributed by atoms with Crippen molar-refractivity contribution in [3.8, 4) is 0 Å². The van der Waals surface area contributed by atoms with Crippen molar-refractivity contribution in [1.82, 2.24) is 9.59 Å². The smallest absolute Gasteiger partial charge is 0.269 e. The highest BCUT2D eigenvalue weighted by molar-refractivity contribution is 7.08. The van der Waals surface area contributed by atoms with Crippen LogP contribution in [0.3, 0.4) is 0 Å². The van der Waals surface area contributed by atoms with Crippen LogP contribution in [0.2, 0.25) is 5.02 Å². The molecule has 0 saturated carbocycles. The number of fused-ring (bicyclic) bond motifs is 1. The quantitative estimate of drug-likeness (QED) is 0.468. The first kappa shape index (κ1) is 18.3. The summed E-state index contributed by atoms with van der Waals surface area (Å²) in [5, 5.41) is 7.96. The molecular weight excluding hydrogens is 398 g/mol. The van der Waals surface area contributed by atoms with Gasteiger partial charge >= 0.3 is 0 Å². The van der Waals surface area contributed by atoms with Crippen LogP contribution in [0, 0.1) is 0 Å². The average molecular weight is 412 g/mol. The van der Waals surface area contributed by atoms with Gasteiger partial charge in [0.05, 0.1) is 11.4 Å². The Balaban J connectivity index is 1.78. The van der Waals surface area contributed by atoms with Crippen molar-refractivity contribution in [2.45, 2.75) is 13.3 Å². The summed E-state index contributed by atoms with van der Waals surface area (Å²) in [6.45, 7) is 1.90. The first-order chi connectivity index (χ1) is 13.6. The van der Waals surface area contributed by atoms with Gasteiger partial charge in [0.15, 0.2) is 5.76 Å². The molecule has 0 spiro atoms. The predicted molar refractivity (Wildman–Crippen MR) is 108 cm³/mol. The maximum Gasteiger partial charge on any atom is 0.269 e. The van der Waals surface area contributed by atoms with Crippen molar-refractivity contribution < 1.29 is 14.0 Å². The molecule has 0 aliphatic rings. The lowest BCUT2D eigenvalue weighted by Crippen LogP contribution is -2.14. The summed E-state index contributed by atoms with van der Waals surface area (Å²) >= 11 is 6.93. The van der Waals surface area contributed by atoms with Crippen LogP contribution >= 0.6 is 23.1 Å². The van der Waals surface area contributed by atoms with E-state index in [1.807, 2.05) is 13.0 Å². The van der Waals surface area contributed by atoms with Gasteiger partial charge in [-0.15, -0.1) is 5.10 Å². The Morgan fingerprint density at radius 3 is 2.64 bits per heavy atom. The van der Waals surface area contributed by atoms with E-state index >= 15 is 0 Å². The number of para-hydroxylation sites is 1. The number of carbonyl (C=O) groups excluding carboxylic acids is 2. The number of rotatable bonds is 5. The zero-order chi connectivity index (χ0) is 19.7. The van der Waals surface area contributed by atoms with E-state index in [1.54, 1.807) is 42.5 Å². The standard InChI is InChI=1S/C20H14ClN3O3S/c1-2-14-19(28-24-23-14)20(26)22-16-13-5-3-4-6-15(13)27-18(16)17(25)11-7-9-12(21)10-8-11/h3-10H,2H2,1H3,(H,22,26). The van der Waals surface area contributed by atoms with Gasteiger partial charge in [0.25, 0.3) is 5.91 Å². The number of amides is 1. The van der Waals surface area contributed by atoms with Crippen molar-refractivity contribution in [1.29, 1.82) is 0 Å². The SMILES string of the molecule is CCc1nnsc1C(=O)Nc1c(C(=O)c2ccc(Cl)cc2)oc2ccccc12. The molecule has 28 heavy (non-hydrogen) atoms. The molecule has 0 aliphatic carbocycles. The lowest BCUT2D eigenvalue weighted by atomic mass is 10.1. The number of anilines is 1. The summed E-state index contributed by atoms with van der Waals surface area (Å²) in [5.74, 6) is -0.655. The van der Waals surface area contributed by atoms with Crippen LogP contribution in [0.4, 0.5) is 5.69 Å². The Hall–Kier alpha value is -3.03. The number of nitrogens with one attached hydrogen (secondary N) is 1. The van der Waals surface area contributed by atoms with E-state index in [0.29, 0.717) is 44.2 Å². The maximum absolute atomic E-state index is 13.0. The Morgan fingerprint density at radius 1 is 1.14 bits per heavy atom. The molecule has 2 aromatic heterocycles. The third-order valence-corrected chi connectivity index (χ3v) is 5.26. The number of benzene rings is 2. The van der Waals surface area contributed by atoms with Crippen LogP contribution in [0.1, 0.15) is 38.4 Å². The largest absolute Gasteiger partial charge is 0.450 e. The molecule has 0 atom stereocenters. The number of halogens is 1. The van der Waals surface area contributed by atoms with Gasteiger partial charge in [-0.2, -0.15) is 0 Å². The molecule has 1 amide bonds. The van der Waals surface area contributed by atoms with Gasteiger partial charge < -0.3 is 9.73 Å². The molecule has 4 aromatic rings. The Bertz CT molecular complexity index is 1180. The van der Waals surface area contributed by atoms with Crippen molar-refractivity contribution in [2.24, 2.45) is 0 Å². The van der Waals surface area contributed by atoms with Crippen molar-refractivity contribution in [3.63, 3.8) is 0 Å². The van der Waals surface area contributed by atoms with E-state index in [1.165, 1.54) is 0 Å². The van der Waals surface area contributed by atoms with E-state index in [4.69, 9.17) is 16.0 Å². The molecule has 2 aromatic carbocycles. The van der Waals surface area contributed by atoms with E-state index in [0.717, 1.165) is 11.5 Å². The van der Waals surface area contributed by atoms with Crippen LogP contribution in [-0.2, 0) is 6.42 Å². The average Bonchev–Trinajstić information content (AvgIpc) is 3.33. The second kappa shape index (κ2) is 7.53. The molecule has 0 fully saturated rings. The molecule has 0 aliphatic heterocycles. The minimum Gasteiger partial charge on any atom is -0.450 e. The lowest BCUT2D eigenvalue weighted by molar-refractivity contribution is 0.101. The van der Waals surface area contributed by atoms with E-state index < -0.39 is 0 Å². The van der Waals surface area contributed by atoms with E-state index in [2.05, 4.69) is 14.9 Å². The molecule has 8 heteroatoms. The van der Waals surface area contributed by atoms with Crippen molar-refractivity contribution in [2.75, 3.05) is 5.32 Å². The number of nitrogens with zero attached hydrogens (tertiary/aromatic N) is 2. The number of aryl methyl sites for hydroxylation is 1. The maximum atomic E-state index is 13.0. The highest BCUT2D eigenvalue weighted by Crippen LogP contribution is 2.33. The Kier molecular flexibility index (Phi) is 4.93. The monoisotopic (exact) mass is 411 g/mol. The highest BCUT2D eigenvalue weighted by Gasteiger charge is 2.25. The van der Waals surface area contributed by atoms with Gasteiger partial charge in [0.1, 0.15) is 10.5 Å². The van der Waals surface area contributed by atoms with E-state index in [9.17, 15) is 9.59 Å². The zero-order valence-electron chi connectivity index (χ0n) is 14.7. The molecule has 140 valence electrons. The van der Waals surface area contributed by atoms with Gasteiger partial charge in [-0.3, -0.25) is 9.59 Å². The first-order valence-electron chi connectivity index (χ1n) is 8.53. The minimum absolute atomic E-state index is 0.0624. The second-order valence-electron chi connectivity index (χ2n) is 5.99. The van der Waals surface area contributed by atoms with Crippen LogP contribution < -0.4 is 5.32 Å².